The second kappa shape index (κ2) is 7.75. The first kappa shape index (κ1) is 22.9. The van der Waals surface area contributed by atoms with E-state index in [-0.39, 0.29) is 29.6 Å². The van der Waals surface area contributed by atoms with Crippen LogP contribution in [0.2, 0.25) is 0 Å². The van der Waals surface area contributed by atoms with Crippen molar-refractivity contribution in [2.24, 2.45) is 5.92 Å². The Morgan fingerprint density at radius 3 is 2.47 bits per heavy atom. The number of halogens is 3. The van der Waals surface area contributed by atoms with E-state index in [1.54, 1.807) is 7.11 Å². The van der Waals surface area contributed by atoms with E-state index < -0.39 is 27.6 Å². The van der Waals surface area contributed by atoms with Gasteiger partial charge in [-0.25, -0.2) is 0 Å². The number of allylic oxidation sites excluding steroid dienone is 1. The maximum absolute atomic E-state index is 12.8. The highest BCUT2D eigenvalue weighted by molar-refractivity contribution is 7.87. The van der Waals surface area contributed by atoms with E-state index in [1.165, 1.54) is 0 Å². The third-order valence-electron chi connectivity index (χ3n) is 6.50. The van der Waals surface area contributed by atoms with Gasteiger partial charge in [0, 0.05) is 11.8 Å². The minimum atomic E-state index is -5.77. The first-order valence-corrected chi connectivity index (χ1v) is 11.3. The fourth-order valence-corrected chi connectivity index (χ4v) is 5.54. The molecule has 2 aliphatic carbocycles. The van der Waals surface area contributed by atoms with Gasteiger partial charge in [-0.2, -0.15) is 21.6 Å². The van der Waals surface area contributed by atoms with Gasteiger partial charge in [0.25, 0.3) is 0 Å². The fraction of sp³-hybridized carbons (Fsp3) is 0.619. The van der Waals surface area contributed by atoms with Crippen molar-refractivity contribution >= 4 is 10.1 Å². The average Bonchev–Trinajstić information content (AvgIpc) is 2.65. The molecule has 0 aromatic heterocycles. The van der Waals surface area contributed by atoms with Gasteiger partial charge in [-0.1, -0.05) is 32.9 Å². The number of methoxy groups -OCH3 is 1. The number of fused-ring (bicyclic) bond motifs is 3. The van der Waals surface area contributed by atoms with Crippen molar-refractivity contribution in [1.29, 1.82) is 0 Å². The van der Waals surface area contributed by atoms with Crippen LogP contribution in [0.1, 0.15) is 62.6 Å². The second-order valence-corrected chi connectivity index (χ2v) is 10.0. The van der Waals surface area contributed by atoms with Gasteiger partial charge in [-0.15, -0.1) is 0 Å². The Kier molecular flexibility index (Phi) is 5.92. The van der Waals surface area contributed by atoms with E-state index in [2.05, 4.69) is 18.0 Å². The summed E-state index contributed by atoms with van der Waals surface area (Å²) >= 11 is 0. The number of hydrogen-bond donors (Lipinski definition) is 1. The summed E-state index contributed by atoms with van der Waals surface area (Å²) in [6.07, 6.45) is 1.56. The Morgan fingerprint density at radius 1 is 1.27 bits per heavy atom. The van der Waals surface area contributed by atoms with Crippen molar-refractivity contribution in [2.75, 3.05) is 13.7 Å². The molecular formula is C21H27F3O5S. The van der Waals surface area contributed by atoms with Crippen molar-refractivity contribution < 1.29 is 35.6 Å². The van der Waals surface area contributed by atoms with Crippen LogP contribution in [-0.4, -0.2) is 32.7 Å². The summed E-state index contributed by atoms with van der Waals surface area (Å²) in [5.41, 5.74) is -2.55. The maximum atomic E-state index is 12.8. The zero-order valence-electron chi connectivity index (χ0n) is 17.5. The van der Waals surface area contributed by atoms with Crippen molar-refractivity contribution in [3.8, 4) is 5.75 Å². The molecule has 3 rings (SSSR count). The highest BCUT2D eigenvalue weighted by atomic mass is 32.2. The molecule has 0 radical (unpaired) electrons. The number of benzene rings is 1. The second-order valence-electron chi connectivity index (χ2n) is 8.47. The number of alkyl halides is 3. The maximum Gasteiger partial charge on any atom is 0.534 e. The smallest absolute Gasteiger partial charge is 0.496 e. The molecule has 0 saturated heterocycles. The molecule has 0 saturated carbocycles. The molecular weight excluding hydrogens is 421 g/mol. The molecule has 0 fully saturated rings. The predicted molar refractivity (Wildman–Crippen MR) is 106 cm³/mol. The van der Waals surface area contributed by atoms with E-state index in [0.717, 1.165) is 22.4 Å². The Hall–Kier alpha value is -1.74. The highest BCUT2D eigenvalue weighted by Gasteiger charge is 2.51. The minimum Gasteiger partial charge on any atom is -0.496 e. The minimum absolute atomic E-state index is 0.00804. The molecule has 2 atom stereocenters. The van der Waals surface area contributed by atoms with Gasteiger partial charge < -0.3 is 14.0 Å². The topological polar surface area (TPSA) is 72.8 Å². The third kappa shape index (κ3) is 3.60. The Bertz CT molecular complexity index is 966. The predicted octanol–water partition coefficient (Wildman–Crippen LogP) is 4.55. The zero-order valence-corrected chi connectivity index (χ0v) is 18.3. The average molecular weight is 449 g/mol. The van der Waals surface area contributed by atoms with E-state index in [1.807, 2.05) is 19.1 Å². The first-order chi connectivity index (χ1) is 13.9. The Labute approximate surface area is 175 Å². The normalized spacial score (nSPS) is 24.5. The van der Waals surface area contributed by atoms with Gasteiger partial charge in [0.15, 0.2) is 0 Å². The molecule has 0 amide bonds. The molecule has 0 spiro atoms. The molecule has 2 aliphatic rings. The fourth-order valence-electron chi connectivity index (χ4n) is 4.99. The van der Waals surface area contributed by atoms with Crippen molar-refractivity contribution in [3.63, 3.8) is 0 Å². The van der Waals surface area contributed by atoms with Crippen LogP contribution in [-0.2, 0) is 26.1 Å². The van der Waals surface area contributed by atoms with Crippen molar-refractivity contribution in [3.05, 3.63) is 40.2 Å². The number of aliphatic hydroxyl groups excluding tert-OH is 1. The molecule has 0 aliphatic heterocycles. The van der Waals surface area contributed by atoms with Gasteiger partial charge in [-0.3, -0.25) is 0 Å². The zero-order chi connectivity index (χ0) is 22.5. The largest absolute Gasteiger partial charge is 0.534 e. The van der Waals surface area contributed by atoms with Crippen LogP contribution in [0.15, 0.2) is 23.5 Å². The first-order valence-electron chi connectivity index (χ1n) is 9.91. The highest BCUT2D eigenvalue weighted by Crippen LogP contribution is 2.54. The molecule has 0 heterocycles. The van der Waals surface area contributed by atoms with E-state index in [9.17, 15) is 26.7 Å². The van der Waals surface area contributed by atoms with Crippen molar-refractivity contribution in [2.45, 2.75) is 63.3 Å². The molecule has 1 N–H and O–H groups in total. The summed E-state index contributed by atoms with van der Waals surface area (Å²) in [5, 5.41) is 9.94. The van der Waals surface area contributed by atoms with Crippen LogP contribution in [0, 0.1) is 5.92 Å². The molecule has 1 aromatic carbocycles. The summed E-state index contributed by atoms with van der Waals surface area (Å²) in [7, 11) is -4.14. The Balaban J connectivity index is 2.08. The number of ether oxygens (including phenoxy) is 1. The van der Waals surface area contributed by atoms with Crippen LogP contribution >= 0.6 is 0 Å². The lowest BCUT2D eigenvalue weighted by molar-refractivity contribution is -0.0527. The summed E-state index contributed by atoms with van der Waals surface area (Å²) in [6.45, 7) is 5.61. The number of rotatable bonds is 5. The molecule has 0 unspecified atom stereocenters. The quantitative estimate of drug-likeness (QED) is 0.529. The summed E-state index contributed by atoms with van der Waals surface area (Å²) in [5.74, 6) is 0.490. The molecule has 168 valence electrons. The van der Waals surface area contributed by atoms with Gasteiger partial charge in [0.05, 0.1) is 13.7 Å². The van der Waals surface area contributed by atoms with Crippen LogP contribution in [0.3, 0.4) is 0 Å². The van der Waals surface area contributed by atoms with Crippen molar-refractivity contribution in [1.82, 2.24) is 0 Å². The molecule has 9 heteroatoms. The molecule has 30 heavy (non-hydrogen) atoms. The molecule has 0 bridgehead atoms. The van der Waals surface area contributed by atoms with Crippen LogP contribution in [0.25, 0.3) is 0 Å². The van der Waals surface area contributed by atoms with E-state index >= 15 is 0 Å². The monoisotopic (exact) mass is 448 g/mol. The Morgan fingerprint density at radius 2 is 1.93 bits per heavy atom. The van der Waals surface area contributed by atoms with Crippen LogP contribution < -0.4 is 4.74 Å². The summed E-state index contributed by atoms with van der Waals surface area (Å²) in [6, 6.07) is 4.05. The summed E-state index contributed by atoms with van der Waals surface area (Å²) in [4.78, 5) is 0. The van der Waals surface area contributed by atoms with Gasteiger partial charge in [0.2, 0.25) is 0 Å². The number of hydrogen-bond acceptors (Lipinski definition) is 5. The van der Waals surface area contributed by atoms with E-state index in [4.69, 9.17) is 4.74 Å². The van der Waals surface area contributed by atoms with Gasteiger partial charge in [-0.05, 0) is 53.4 Å². The lowest BCUT2D eigenvalue weighted by Crippen LogP contribution is -2.42. The summed E-state index contributed by atoms with van der Waals surface area (Å²) < 4.78 is 71.6. The molecule has 5 nitrogen and oxygen atoms in total. The van der Waals surface area contributed by atoms with E-state index in [0.29, 0.717) is 19.3 Å². The lowest BCUT2D eigenvalue weighted by atomic mass is 9.57. The standard InChI is InChI=1S/C21H27F3O5S/c1-12(2)13-5-7-16-14(19(13)28-4)6-8-17-15(11-25)18(9-10-20(16,17)3)29-30(26,27)21(22,23)24/h5,7,12,17,25H,6,8-11H2,1-4H3/t17-,20+/m0/s1. The van der Waals surface area contributed by atoms with Crippen LogP contribution in [0.4, 0.5) is 13.2 Å². The molecule has 1 aromatic rings. The van der Waals surface area contributed by atoms with Gasteiger partial charge >= 0.3 is 15.6 Å². The number of aliphatic hydroxyl groups is 1. The van der Waals surface area contributed by atoms with Crippen LogP contribution in [0.5, 0.6) is 5.75 Å². The SMILES string of the molecule is COc1c(C(C)C)ccc2c1CC[C@H]1C(CO)=C(OS(=O)(=O)C(F)(F)F)CC[C@]21C. The third-order valence-corrected chi connectivity index (χ3v) is 7.49. The van der Waals surface area contributed by atoms with Gasteiger partial charge in [0.1, 0.15) is 11.5 Å². The lowest BCUT2D eigenvalue weighted by Gasteiger charge is -2.48.